The van der Waals surface area contributed by atoms with Crippen molar-refractivity contribution in [1.82, 2.24) is 5.06 Å². The fourth-order valence-electron chi connectivity index (χ4n) is 5.51. The van der Waals surface area contributed by atoms with Crippen molar-refractivity contribution in [2.75, 3.05) is 13.7 Å². The van der Waals surface area contributed by atoms with Gasteiger partial charge in [0.05, 0.1) is 25.3 Å². The normalized spacial score (nSPS) is 27.5. The maximum atomic E-state index is 11.9. The van der Waals surface area contributed by atoms with E-state index < -0.39 is 0 Å². The van der Waals surface area contributed by atoms with E-state index in [9.17, 15) is 9.90 Å². The molecule has 0 radical (unpaired) electrons. The molecule has 5 heteroatoms. The summed E-state index contributed by atoms with van der Waals surface area (Å²) in [7, 11) is 1.40. The van der Waals surface area contributed by atoms with Gasteiger partial charge in [0.1, 0.15) is 5.76 Å². The van der Waals surface area contributed by atoms with Crippen molar-refractivity contribution >= 4 is 5.97 Å². The lowest BCUT2D eigenvalue weighted by atomic mass is 9.90. The van der Waals surface area contributed by atoms with Gasteiger partial charge in [-0.05, 0) is 65.8 Å². The smallest absolute Gasteiger partial charge is 0.337 e. The Labute approximate surface area is 183 Å². The second kappa shape index (κ2) is 8.48. The van der Waals surface area contributed by atoms with Gasteiger partial charge in [-0.15, -0.1) is 5.06 Å². The molecule has 0 aromatic heterocycles. The van der Waals surface area contributed by atoms with Gasteiger partial charge in [0.25, 0.3) is 0 Å². The molecule has 0 saturated heterocycles. The number of benzene rings is 2. The highest BCUT2D eigenvalue weighted by Crippen LogP contribution is 2.56. The molecule has 2 aromatic rings. The van der Waals surface area contributed by atoms with E-state index >= 15 is 0 Å². The molecule has 2 aromatic carbocycles. The standard InChI is InChI=1S/C26H29NO4/c1-30-26(29)19-9-7-18(8-10-19)25-22-12-11-20-21(23(20)16-28)13-14-24(22)31-27(25)15-17-5-3-2-4-6-17/h2-10,20-21,23,25,28H,11-16H2,1H3. The van der Waals surface area contributed by atoms with Crippen molar-refractivity contribution < 1.29 is 19.5 Å². The Morgan fingerprint density at radius 2 is 1.77 bits per heavy atom. The van der Waals surface area contributed by atoms with Gasteiger partial charge >= 0.3 is 5.97 Å². The van der Waals surface area contributed by atoms with Crippen molar-refractivity contribution in [3.8, 4) is 0 Å². The van der Waals surface area contributed by atoms with Crippen LogP contribution in [0.15, 0.2) is 65.9 Å². The number of methoxy groups -OCH3 is 1. The van der Waals surface area contributed by atoms with E-state index in [1.165, 1.54) is 18.2 Å². The molecule has 1 saturated carbocycles. The Morgan fingerprint density at radius 1 is 1.06 bits per heavy atom. The number of aliphatic hydroxyl groups is 1. The first-order valence-electron chi connectivity index (χ1n) is 11.2. The van der Waals surface area contributed by atoms with Crippen molar-refractivity contribution in [2.45, 2.75) is 38.3 Å². The summed E-state index contributed by atoms with van der Waals surface area (Å²) in [5.41, 5.74) is 4.24. The minimum absolute atomic E-state index is 0.0322. The molecular formula is C26H29NO4. The van der Waals surface area contributed by atoms with Crippen LogP contribution < -0.4 is 0 Å². The second-order valence-electron chi connectivity index (χ2n) is 8.87. The number of hydroxylamine groups is 2. The lowest BCUT2D eigenvalue weighted by Crippen LogP contribution is -2.24. The SMILES string of the molecule is COC(=O)c1ccc(C2C3=C(CCC4C(CO)C4CC3)ON2Cc2ccccc2)cc1. The topological polar surface area (TPSA) is 59.0 Å². The first kappa shape index (κ1) is 20.3. The van der Waals surface area contributed by atoms with Gasteiger partial charge in [0.15, 0.2) is 0 Å². The molecule has 0 amide bonds. The first-order chi connectivity index (χ1) is 15.2. The van der Waals surface area contributed by atoms with Crippen LogP contribution in [0.3, 0.4) is 0 Å². The molecule has 0 bridgehead atoms. The Hall–Kier alpha value is -2.63. The van der Waals surface area contributed by atoms with Gasteiger partial charge in [0.2, 0.25) is 0 Å². The highest BCUT2D eigenvalue weighted by Gasteiger charge is 2.50. The van der Waals surface area contributed by atoms with Crippen LogP contribution in [0, 0.1) is 17.8 Å². The number of hydrogen-bond acceptors (Lipinski definition) is 5. The highest BCUT2D eigenvalue weighted by atomic mass is 16.7. The maximum Gasteiger partial charge on any atom is 0.337 e. The van der Waals surface area contributed by atoms with Crippen molar-refractivity contribution in [3.63, 3.8) is 0 Å². The summed E-state index contributed by atoms with van der Waals surface area (Å²) in [6.07, 6.45) is 4.10. The lowest BCUT2D eigenvalue weighted by molar-refractivity contribution is -0.130. The lowest BCUT2D eigenvalue weighted by Gasteiger charge is -2.25. The molecule has 162 valence electrons. The monoisotopic (exact) mass is 419 g/mol. The third kappa shape index (κ3) is 3.88. The molecule has 4 atom stereocenters. The number of fused-ring (bicyclic) bond motifs is 1. The van der Waals surface area contributed by atoms with Crippen LogP contribution in [0.2, 0.25) is 0 Å². The van der Waals surface area contributed by atoms with Crippen LogP contribution in [-0.2, 0) is 16.1 Å². The fraction of sp³-hybridized carbons (Fsp3) is 0.423. The Balaban J connectivity index is 1.44. The fourth-order valence-corrected chi connectivity index (χ4v) is 5.51. The minimum Gasteiger partial charge on any atom is -0.465 e. The van der Waals surface area contributed by atoms with Crippen LogP contribution in [0.5, 0.6) is 0 Å². The van der Waals surface area contributed by atoms with Crippen LogP contribution in [0.4, 0.5) is 0 Å². The van der Waals surface area contributed by atoms with E-state index in [2.05, 4.69) is 29.3 Å². The number of ether oxygens (including phenoxy) is 1. The number of allylic oxidation sites excluding steroid dienone is 1. The summed E-state index contributed by atoms with van der Waals surface area (Å²) in [6.45, 7) is 1.00. The zero-order chi connectivity index (χ0) is 21.4. The summed E-state index contributed by atoms with van der Waals surface area (Å²) in [4.78, 5) is 18.3. The van der Waals surface area contributed by atoms with E-state index in [1.54, 1.807) is 0 Å². The first-order valence-corrected chi connectivity index (χ1v) is 11.2. The van der Waals surface area contributed by atoms with Gasteiger partial charge in [0, 0.05) is 13.0 Å². The molecule has 4 unspecified atom stereocenters. The number of carbonyl (C=O) groups excluding carboxylic acids is 1. The molecule has 1 fully saturated rings. The van der Waals surface area contributed by atoms with Gasteiger partial charge in [-0.25, -0.2) is 4.79 Å². The zero-order valence-electron chi connectivity index (χ0n) is 17.9. The maximum absolute atomic E-state index is 11.9. The third-order valence-corrected chi connectivity index (χ3v) is 7.20. The Kier molecular flexibility index (Phi) is 5.55. The number of esters is 1. The summed E-state index contributed by atoms with van der Waals surface area (Å²) in [5.74, 6) is 2.53. The van der Waals surface area contributed by atoms with Crippen molar-refractivity contribution in [3.05, 3.63) is 82.6 Å². The molecule has 0 spiro atoms. The third-order valence-electron chi connectivity index (χ3n) is 7.20. The molecule has 1 heterocycles. The molecule has 5 nitrogen and oxygen atoms in total. The largest absolute Gasteiger partial charge is 0.465 e. The number of rotatable bonds is 5. The number of nitrogens with zero attached hydrogens (tertiary/aromatic N) is 1. The average Bonchev–Trinajstić information content (AvgIpc) is 3.37. The molecule has 2 aliphatic carbocycles. The zero-order valence-corrected chi connectivity index (χ0v) is 17.9. The summed E-state index contributed by atoms with van der Waals surface area (Å²) >= 11 is 0. The molecule has 1 N–H and O–H groups in total. The highest BCUT2D eigenvalue weighted by molar-refractivity contribution is 5.89. The van der Waals surface area contributed by atoms with E-state index in [0.717, 1.165) is 37.0 Å². The molecular weight excluding hydrogens is 390 g/mol. The Morgan fingerprint density at radius 3 is 2.45 bits per heavy atom. The number of aliphatic hydroxyl groups excluding tert-OH is 1. The summed E-state index contributed by atoms with van der Waals surface area (Å²) in [5, 5.41) is 11.8. The summed E-state index contributed by atoms with van der Waals surface area (Å²) in [6, 6.07) is 18.1. The van der Waals surface area contributed by atoms with E-state index in [0.29, 0.717) is 36.5 Å². The number of hydrogen-bond donors (Lipinski definition) is 1. The van der Waals surface area contributed by atoms with Crippen molar-refractivity contribution in [2.24, 2.45) is 17.8 Å². The van der Waals surface area contributed by atoms with Crippen LogP contribution in [0.1, 0.15) is 53.2 Å². The van der Waals surface area contributed by atoms with Gasteiger partial charge in [-0.3, -0.25) is 0 Å². The molecule has 1 aliphatic heterocycles. The predicted octanol–water partition coefficient (Wildman–Crippen LogP) is 4.64. The van der Waals surface area contributed by atoms with Gasteiger partial charge in [-0.2, -0.15) is 0 Å². The van der Waals surface area contributed by atoms with E-state index in [1.807, 2.05) is 30.3 Å². The quantitative estimate of drug-likeness (QED) is 0.715. The molecule has 31 heavy (non-hydrogen) atoms. The second-order valence-corrected chi connectivity index (χ2v) is 8.87. The average molecular weight is 420 g/mol. The van der Waals surface area contributed by atoms with Crippen LogP contribution in [-0.4, -0.2) is 29.9 Å². The molecule has 3 aliphatic rings. The Bertz CT molecular complexity index is 969. The van der Waals surface area contributed by atoms with E-state index in [4.69, 9.17) is 9.57 Å². The van der Waals surface area contributed by atoms with Crippen LogP contribution in [0.25, 0.3) is 0 Å². The van der Waals surface area contributed by atoms with Gasteiger partial charge in [-0.1, -0.05) is 42.5 Å². The minimum atomic E-state index is -0.323. The summed E-state index contributed by atoms with van der Waals surface area (Å²) < 4.78 is 4.85. The van der Waals surface area contributed by atoms with E-state index in [-0.39, 0.29) is 12.0 Å². The number of carbonyl (C=O) groups is 1. The van der Waals surface area contributed by atoms with Crippen molar-refractivity contribution in [1.29, 1.82) is 0 Å². The van der Waals surface area contributed by atoms with Crippen LogP contribution >= 0.6 is 0 Å². The molecule has 5 rings (SSSR count). The van der Waals surface area contributed by atoms with Gasteiger partial charge < -0.3 is 14.7 Å². The predicted molar refractivity (Wildman–Crippen MR) is 117 cm³/mol.